The summed E-state index contributed by atoms with van der Waals surface area (Å²) in [6.07, 6.45) is -0.952. The number of hydrogen-bond acceptors (Lipinski definition) is 7. The van der Waals surface area contributed by atoms with Crippen LogP contribution in [0.2, 0.25) is 0 Å². The van der Waals surface area contributed by atoms with Crippen molar-refractivity contribution in [2.24, 2.45) is 0 Å². The van der Waals surface area contributed by atoms with Crippen LogP contribution < -0.4 is 14.8 Å². The first-order valence-corrected chi connectivity index (χ1v) is 8.52. The molecule has 2 aromatic carbocycles. The highest BCUT2D eigenvalue weighted by atomic mass is 16.6. The lowest BCUT2D eigenvalue weighted by Gasteiger charge is -2.24. The van der Waals surface area contributed by atoms with Gasteiger partial charge in [-0.1, -0.05) is 18.2 Å². The minimum atomic E-state index is -0.952. The fourth-order valence-electron chi connectivity index (χ4n) is 2.55. The Morgan fingerprint density at radius 1 is 1.14 bits per heavy atom. The van der Waals surface area contributed by atoms with Gasteiger partial charge in [0.05, 0.1) is 12.7 Å². The number of methoxy groups -OCH3 is 1. The van der Waals surface area contributed by atoms with Crippen molar-refractivity contribution in [2.75, 3.05) is 25.6 Å². The normalized spacial score (nSPS) is 14.7. The molecule has 0 bridgehead atoms. The third-order valence-electron chi connectivity index (χ3n) is 4.05. The van der Waals surface area contributed by atoms with Crippen molar-refractivity contribution in [1.82, 2.24) is 0 Å². The number of hydrogen-bond donors (Lipinski definition) is 1. The van der Waals surface area contributed by atoms with E-state index in [1.54, 1.807) is 43.3 Å². The van der Waals surface area contributed by atoms with Gasteiger partial charge in [-0.2, -0.15) is 0 Å². The number of ether oxygens (including phenoxy) is 4. The summed E-state index contributed by atoms with van der Waals surface area (Å²) in [6.45, 7) is 1.27. The smallest absolute Gasteiger partial charge is 0.351 e. The number of rotatable bonds is 5. The second kappa shape index (κ2) is 8.43. The first-order chi connectivity index (χ1) is 13.5. The molecule has 1 atom stereocenters. The van der Waals surface area contributed by atoms with Crippen molar-refractivity contribution in [3.05, 3.63) is 53.6 Å². The van der Waals surface area contributed by atoms with Gasteiger partial charge < -0.3 is 24.3 Å². The molecule has 0 radical (unpaired) electrons. The number of esters is 2. The molecule has 2 aromatic rings. The molecule has 0 unspecified atom stereocenters. The molecule has 0 aliphatic carbocycles. The third kappa shape index (κ3) is 4.40. The van der Waals surface area contributed by atoms with Crippen LogP contribution in [0.4, 0.5) is 5.69 Å². The largest absolute Gasteiger partial charge is 0.485 e. The summed E-state index contributed by atoms with van der Waals surface area (Å²) >= 11 is 0. The van der Waals surface area contributed by atoms with E-state index in [4.69, 9.17) is 14.2 Å². The number of benzene rings is 2. The van der Waals surface area contributed by atoms with Crippen LogP contribution in [0, 0.1) is 6.92 Å². The maximum absolute atomic E-state index is 12.1. The Balaban J connectivity index is 1.55. The number of fused-ring (bicyclic) bond motifs is 1. The van der Waals surface area contributed by atoms with Crippen molar-refractivity contribution >= 4 is 23.5 Å². The zero-order valence-electron chi connectivity index (χ0n) is 15.4. The lowest BCUT2D eigenvalue weighted by molar-refractivity contribution is -0.156. The van der Waals surface area contributed by atoms with E-state index in [0.29, 0.717) is 22.7 Å². The van der Waals surface area contributed by atoms with Gasteiger partial charge in [-0.15, -0.1) is 0 Å². The summed E-state index contributed by atoms with van der Waals surface area (Å²) in [5.41, 5.74) is 1.47. The highest BCUT2D eigenvalue weighted by Crippen LogP contribution is 2.31. The maximum Gasteiger partial charge on any atom is 0.351 e. The molecule has 3 rings (SSSR count). The van der Waals surface area contributed by atoms with Gasteiger partial charge in [0.15, 0.2) is 18.1 Å². The van der Waals surface area contributed by atoms with Crippen LogP contribution in [0.1, 0.15) is 15.9 Å². The summed E-state index contributed by atoms with van der Waals surface area (Å²) in [5.74, 6) is -0.780. The average Bonchev–Trinajstić information content (AvgIpc) is 2.72. The Kier molecular flexibility index (Phi) is 5.78. The van der Waals surface area contributed by atoms with Gasteiger partial charge in [-0.3, -0.25) is 4.79 Å². The molecule has 8 heteroatoms. The summed E-state index contributed by atoms with van der Waals surface area (Å²) in [6, 6.07) is 11.7. The van der Waals surface area contributed by atoms with Gasteiger partial charge in [0.2, 0.25) is 6.10 Å². The molecular formula is C20H19NO7. The molecule has 146 valence electrons. The summed E-state index contributed by atoms with van der Waals surface area (Å²) < 4.78 is 20.7. The number of para-hydroxylation sites is 2. The molecule has 1 N–H and O–H groups in total. The monoisotopic (exact) mass is 385 g/mol. The van der Waals surface area contributed by atoms with E-state index in [1.165, 1.54) is 13.2 Å². The molecule has 8 nitrogen and oxygen atoms in total. The van der Waals surface area contributed by atoms with Crippen LogP contribution in [0.15, 0.2) is 42.5 Å². The van der Waals surface area contributed by atoms with E-state index in [0.717, 1.165) is 5.56 Å². The first-order valence-electron chi connectivity index (χ1n) is 8.52. The van der Waals surface area contributed by atoms with Crippen molar-refractivity contribution in [3.63, 3.8) is 0 Å². The fraction of sp³-hybridized carbons (Fsp3) is 0.250. The number of nitrogens with one attached hydrogen (secondary N) is 1. The molecular weight excluding hydrogens is 366 g/mol. The predicted molar refractivity (Wildman–Crippen MR) is 98.5 cm³/mol. The van der Waals surface area contributed by atoms with Gasteiger partial charge >= 0.3 is 11.9 Å². The lowest BCUT2D eigenvalue weighted by atomic mass is 10.1. The molecule has 28 heavy (non-hydrogen) atoms. The van der Waals surface area contributed by atoms with Gasteiger partial charge in [-0.25, -0.2) is 9.59 Å². The van der Waals surface area contributed by atoms with Crippen LogP contribution in [0.3, 0.4) is 0 Å². The summed E-state index contributed by atoms with van der Waals surface area (Å²) in [7, 11) is 1.27. The molecule has 1 amide bonds. The second-order valence-electron chi connectivity index (χ2n) is 6.04. The van der Waals surface area contributed by atoms with Crippen LogP contribution in [0.5, 0.6) is 11.5 Å². The maximum atomic E-state index is 12.1. The number of anilines is 1. The van der Waals surface area contributed by atoms with E-state index in [1.807, 2.05) is 0 Å². The summed E-state index contributed by atoms with van der Waals surface area (Å²) in [5, 5.41) is 2.61. The van der Waals surface area contributed by atoms with Crippen LogP contribution in [0.25, 0.3) is 0 Å². The standard InChI is InChI=1S/C20H19NO7/c1-12-7-8-13(19(23)25-2)9-14(12)21-18(22)11-27-20(24)17-10-26-15-5-3-4-6-16(15)28-17/h3-9,17H,10-11H2,1-2H3,(H,21,22)/t17-/m0/s1. The van der Waals surface area contributed by atoms with Crippen LogP contribution >= 0.6 is 0 Å². The highest BCUT2D eigenvalue weighted by Gasteiger charge is 2.29. The zero-order valence-corrected chi connectivity index (χ0v) is 15.4. The van der Waals surface area contributed by atoms with Gasteiger partial charge in [-0.05, 0) is 36.8 Å². The summed E-state index contributed by atoms with van der Waals surface area (Å²) in [4.78, 5) is 35.9. The molecule has 0 saturated heterocycles. The van der Waals surface area contributed by atoms with E-state index >= 15 is 0 Å². The van der Waals surface area contributed by atoms with Gasteiger partial charge in [0.1, 0.15) is 6.61 Å². The Morgan fingerprint density at radius 2 is 1.89 bits per heavy atom. The van der Waals surface area contributed by atoms with E-state index in [9.17, 15) is 14.4 Å². The zero-order chi connectivity index (χ0) is 20.1. The van der Waals surface area contributed by atoms with Gasteiger partial charge in [0.25, 0.3) is 5.91 Å². The SMILES string of the molecule is COC(=O)c1ccc(C)c(NC(=O)COC(=O)[C@@H]2COc3ccccc3O2)c1. The minimum absolute atomic E-state index is 0.00223. The van der Waals surface area contributed by atoms with Crippen LogP contribution in [-0.2, 0) is 19.1 Å². The third-order valence-corrected chi connectivity index (χ3v) is 4.05. The van der Waals surface area contributed by atoms with Gasteiger partial charge in [0, 0.05) is 5.69 Å². The minimum Gasteiger partial charge on any atom is -0.485 e. The lowest BCUT2D eigenvalue weighted by Crippen LogP contribution is -2.39. The number of amides is 1. The molecule has 1 aliphatic rings. The quantitative estimate of drug-likeness (QED) is 0.787. The Bertz CT molecular complexity index is 909. The topological polar surface area (TPSA) is 100 Å². The molecule has 0 spiro atoms. The van der Waals surface area contributed by atoms with Crippen molar-refractivity contribution < 1.29 is 33.3 Å². The predicted octanol–water partition coefficient (Wildman–Crippen LogP) is 2.10. The Labute approximate surface area is 161 Å². The van der Waals surface area contributed by atoms with Crippen molar-refractivity contribution in [1.29, 1.82) is 0 Å². The molecule has 0 fully saturated rings. The fourth-order valence-corrected chi connectivity index (χ4v) is 2.55. The Hall–Kier alpha value is -3.55. The molecule has 0 saturated carbocycles. The molecule has 0 aromatic heterocycles. The average molecular weight is 385 g/mol. The molecule has 1 heterocycles. The van der Waals surface area contributed by atoms with Crippen molar-refractivity contribution in [3.8, 4) is 11.5 Å². The van der Waals surface area contributed by atoms with E-state index in [2.05, 4.69) is 10.1 Å². The van der Waals surface area contributed by atoms with E-state index < -0.39 is 30.6 Å². The number of carbonyl (C=O) groups is 3. The van der Waals surface area contributed by atoms with Crippen molar-refractivity contribution in [2.45, 2.75) is 13.0 Å². The second-order valence-corrected chi connectivity index (χ2v) is 6.04. The number of aryl methyl sites for hydroxylation is 1. The number of carbonyl (C=O) groups excluding carboxylic acids is 3. The highest BCUT2D eigenvalue weighted by molar-refractivity contribution is 5.96. The first kappa shape index (κ1) is 19.2. The van der Waals surface area contributed by atoms with E-state index in [-0.39, 0.29) is 6.61 Å². The Morgan fingerprint density at radius 3 is 2.64 bits per heavy atom. The van der Waals surface area contributed by atoms with Crippen LogP contribution in [-0.4, -0.2) is 44.3 Å². The molecule has 1 aliphatic heterocycles.